The molecule has 250 valence electrons. The highest BCUT2D eigenvalue weighted by Crippen LogP contribution is 2.50. The van der Waals surface area contributed by atoms with Crippen LogP contribution in [0.15, 0.2) is 164 Å². The first-order valence-electron chi connectivity index (χ1n) is 17.7. The van der Waals surface area contributed by atoms with E-state index in [0.29, 0.717) is 23.0 Å². The van der Waals surface area contributed by atoms with Gasteiger partial charge in [0.1, 0.15) is 0 Å². The molecule has 0 spiro atoms. The fourth-order valence-electron chi connectivity index (χ4n) is 7.40. The van der Waals surface area contributed by atoms with Gasteiger partial charge in [0.05, 0.1) is 11.6 Å². The fourth-order valence-corrected chi connectivity index (χ4v) is 7.40. The van der Waals surface area contributed by atoms with E-state index in [1.165, 1.54) is 22.3 Å². The van der Waals surface area contributed by atoms with Crippen LogP contribution in [-0.2, 0) is 5.41 Å². The summed E-state index contributed by atoms with van der Waals surface area (Å²) in [5, 5.41) is 9.64. The smallest absolute Gasteiger partial charge is 0.164 e. The summed E-state index contributed by atoms with van der Waals surface area (Å²) in [6.45, 7) is 4.48. The van der Waals surface area contributed by atoms with Crippen LogP contribution in [0, 0.1) is 11.3 Å². The average molecular weight is 680 g/mol. The number of nitrogens with zero attached hydrogens (tertiary/aromatic N) is 5. The molecule has 53 heavy (non-hydrogen) atoms. The molecule has 2 aromatic heterocycles. The second-order valence-electron chi connectivity index (χ2n) is 13.9. The molecule has 0 aliphatic heterocycles. The van der Waals surface area contributed by atoms with Gasteiger partial charge in [-0.15, -0.1) is 0 Å². The van der Waals surface area contributed by atoms with Crippen molar-refractivity contribution in [3.8, 4) is 84.7 Å². The lowest BCUT2D eigenvalue weighted by Gasteiger charge is -2.22. The van der Waals surface area contributed by atoms with Crippen LogP contribution < -0.4 is 0 Å². The molecular formula is C48H33N5. The predicted molar refractivity (Wildman–Crippen MR) is 213 cm³/mol. The second-order valence-corrected chi connectivity index (χ2v) is 13.9. The number of hydrogen-bond acceptors (Lipinski definition) is 5. The molecular weight excluding hydrogens is 647 g/mol. The number of nitriles is 1. The van der Waals surface area contributed by atoms with Crippen LogP contribution in [-0.4, -0.2) is 19.9 Å². The quantitative estimate of drug-likeness (QED) is 0.175. The summed E-state index contributed by atoms with van der Waals surface area (Å²) >= 11 is 0. The van der Waals surface area contributed by atoms with Gasteiger partial charge in [0.25, 0.3) is 0 Å². The van der Waals surface area contributed by atoms with Gasteiger partial charge in [0.15, 0.2) is 17.5 Å². The minimum absolute atomic E-state index is 0.263. The molecule has 8 aromatic rings. The molecule has 0 bridgehead atoms. The van der Waals surface area contributed by atoms with Gasteiger partial charge in [-0.3, -0.25) is 4.98 Å². The minimum Gasteiger partial charge on any atom is -0.264 e. The first-order chi connectivity index (χ1) is 25.9. The van der Waals surface area contributed by atoms with E-state index in [1.54, 1.807) is 6.20 Å². The van der Waals surface area contributed by atoms with E-state index in [2.05, 4.69) is 122 Å². The Balaban J connectivity index is 1.20. The summed E-state index contributed by atoms with van der Waals surface area (Å²) in [6.07, 6.45) is 3.68. The highest BCUT2D eigenvalue weighted by Gasteiger charge is 2.36. The average Bonchev–Trinajstić information content (AvgIpc) is 3.46. The van der Waals surface area contributed by atoms with E-state index in [4.69, 9.17) is 15.0 Å². The third-order valence-electron chi connectivity index (χ3n) is 10.2. The molecule has 1 aliphatic carbocycles. The van der Waals surface area contributed by atoms with Gasteiger partial charge in [-0.1, -0.05) is 123 Å². The summed E-state index contributed by atoms with van der Waals surface area (Å²) < 4.78 is 0. The number of pyridine rings is 1. The van der Waals surface area contributed by atoms with Crippen LogP contribution >= 0.6 is 0 Å². The largest absolute Gasteiger partial charge is 0.264 e. The zero-order valence-corrected chi connectivity index (χ0v) is 29.3. The standard InChI is InChI=1S/C48H33N5/c1-48(2)43-24-31(29-49)15-21-41(43)42-22-20-36(28-44(42)48)38-25-39(37-14-9-23-50-30-37)27-40(26-38)47-52-45(34-12-7-4-8-13-34)51-46(53-47)35-18-16-33(17-19-35)32-10-5-3-6-11-32/h3-28,30H,1-2H3. The summed E-state index contributed by atoms with van der Waals surface area (Å²) in [5.74, 6) is 1.81. The van der Waals surface area contributed by atoms with E-state index < -0.39 is 0 Å². The highest BCUT2D eigenvalue weighted by molar-refractivity contribution is 5.86. The van der Waals surface area contributed by atoms with Crippen molar-refractivity contribution >= 4 is 0 Å². The molecule has 9 rings (SSSR count). The van der Waals surface area contributed by atoms with Gasteiger partial charge in [0, 0.05) is 40.1 Å². The Hall–Kier alpha value is -7.03. The third kappa shape index (κ3) is 5.87. The molecule has 1 aliphatic rings. The predicted octanol–water partition coefficient (Wildman–Crippen LogP) is 11.4. The van der Waals surface area contributed by atoms with Crippen LogP contribution in [0.2, 0.25) is 0 Å². The molecule has 0 N–H and O–H groups in total. The second kappa shape index (κ2) is 12.9. The Kier molecular flexibility index (Phi) is 7.79. The van der Waals surface area contributed by atoms with Crippen molar-refractivity contribution in [2.45, 2.75) is 19.3 Å². The topological polar surface area (TPSA) is 75.3 Å². The van der Waals surface area contributed by atoms with Crippen LogP contribution in [0.3, 0.4) is 0 Å². The molecule has 6 aromatic carbocycles. The molecule has 5 heteroatoms. The Morgan fingerprint density at radius 1 is 0.434 bits per heavy atom. The molecule has 0 unspecified atom stereocenters. The van der Waals surface area contributed by atoms with E-state index >= 15 is 0 Å². The molecule has 0 atom stereocenters. The number of aromatic nitrogens is 4. The maximum Gasteiger partial charge on any atom is 0.164 e. The van der Waals surface area contributed by atoms with Gasteiger partial charge in [-0.25, -0.2) is 15.0 Å². The first kappa shape index (κ1) is 31.9. The highest BCUT2D eigenvalue weighted by atomic mass is 15.0. The molecule has 0 saturated carbocycles. The Morgan fingerprint density at radius 2 is 0.925 bits per heavy atom. The first-order valence-corrected chi connectivity index (χ1v) is 17.7. The summed E-state index contributed by atoms with van der Waals surface area (Å²) in [5.41, 5.74) is 14.4. The van der Waals surface area contributed by atoms with Crippen LogP contribution in [0.4, 0.5) is 0 Å². The van der Waals surface area contributed by atoms with Gasteiger partial charge < -0.3 is 0 Å². The lowest BCUT2D eigenvalue weighted by atomic mass is 9.81. The number of benzene rings is 6. The Labute approximate surface area is 309 Å². The van der Waals surface area contributed by atoms with Crippen LogP contribution in [0.1, 0.15) is 30.5 Å². The zero-order chi connectivity index (χ0) is 35.9. The maximum absolute atomic E-state index is 9.64. The van der Waals surface area contributed by atoms with Crippen molar-refractivity contribution in [1.82, 2.24) is 19.9 Å². The van der Waals surface area contributed by atoms with E-state index in [-0.39, 0.29) is 5.41 Å². The van der Waals surface area contributed by atoms with Gasteiger partial charge in [0.2, 0.25) is 0 Å². The number of fused-ring (bicyclic) bond motifs is 3. The molecule has 0 amide bonds. The van der Waals surface area contributed by atoms with Crippen molar-refractivity contribution < 1.29 is 0 Å². The van der Waals surface area contributed by atoms with Crippen molar-refractivity contribution in [2.75, 3.05) is 0 Å². The molecule has 0 saturated heterocycles. The monoisotopic (exact) mass is 679 g/mol. The maximum atomic E-state index is 9.64. The molecule has 0 radical (unpaired) electrons. The minimum atomic E-state index is -0.263. The van der Waals surface area contributed by atoms with Crippen molar-refractivity contribution in [1.29, 1.82) is 5.26 Å². The molecule has 5 nitrogen and oxygen atoms in total. The van der Waals surface area contributed by atoms with Crippen LogP contribution in [0.25, 0.3) is 78.7 Å². The number of rotatable bonds is 6. The van der Waals surface area contributed by atoms with Crippen molar-refractivity contribution in [3.05, 3.63) is 181 Å². The van der Waals surface area contributed by atoms with E-state index in [0.717, 1.165) is 50.1 Å². The summed E-state index contributed by atoms with van der Waals surface area (Å²) in [6, 6.07) is 54.4. The number of hydrogen-bond donors (Lipinski definition) is 0. The normalized spacial score (nSPS) is 12.5. The lowest BCUT2D eigenvalue weighted by Crippen LogP contribution is -2.15. The fraction of sp³-hybridized carbons (Fsp3) is 0.0625. The Morgan fingerprint density at radius 3 is 1.57 bits per heavy atom. The van der Waals surface area contributed by atoms with Gasteiger partial charge in [-0.05, 0) is 92.5 Å². The van der Waals surface area contributed by atoms with Gasteiger partial charge >= 0.3 is 0 Å². The van der Waals surface area contributed by atoms with E-state index in [1.807, 2.05) is 60.8 Å². The lowest BCUT2D eigenvalue weighted by molar-refractivity contribution is 0.660. The summed E-state index contributed by atoms with van der Waals surface area (Å²) in [4.78, 5) is 19.7. The third-order valence-corrected chi connectivity index (χ3v) is 10.2. The molecule has 2 heterocycles. The zero-order valence-electron chi connectivity index (χ0n) is 29.3. The van der Waals surface area contributed by atoms with Crippen molar-refractivity contribution in [2.24, 2.45) is 0 Å². The SMILES string of the molecule is CC1(C)c2cc(C#N)ccc2-c2ccc(-c3cc(-c4cccnc4)cc(-c4nc(-c5ccccc5)nc(-c5ccc(-c6ccccc6)cc5)n4)c3)cc21. The van der Waals surface area contributed by atoms with E-state index in [9.17, 15) is 5.26 Å². The summed E-state index contributed by atoms with van der Waals surface area (Å²) in [7, 11) is 0. The van der Waals surface area contributed by atoms with Gasteiger partial charge in [-0.2, -0.15) is 5.26 Å². The Bertz CT molecular complexity index is 2680. The van der Waals surface area contributed by atoms with Crippen molar-refractivity contribution in [3.63, 3.8) is 0 Å². The van der Waals surface area contributed by atoms with Crippen LogP contribution in [0.5, 0.6) is 0 Å². The molecule has 0 fully saturated rings.